The lowest BCUT2D eigenvalue weighted by molar-refractivity contribution is 0.102. The van der Waals surface area contributed by atoms with Gasteiger partial charge in [-0.3, -0.25) is 4.79 Å². The Balaban J connectivity index is 1.85. The Morgan fingerprint density at radius 1 is 1.08 bits per heavy atom. The average molecular weight is 342 g/mol. The lowest BCUT2D eigenvalue weighted by Gasteiger charge is -2.07. The number of rotatable bonds is 4. The van der Waals surface area contributed by atoms with E-state index in [-0.39, 0.29) is 11.7 Å². The lowest BCUT2D eigenvalue weighted by atomic mass is 10.0. The molecule has 0 fully saturated rings. The molecule has 0 unspecified atom stereocenters. The number of halogens is 1. The van der Waals surface area contributed by atoms with Gasteiger partial charge in [-0.2, -0.15) is 0 Å². The first-order valence-corrected chi connectivity index (χ1v) is 7.93. The fourth-order valence-electron chi connectivity index (χ4n) is 2.31. The maximum atomic E-state index is 12.4. The van der Waals surface area contributed by atoms with Crippen LogP contribution >= 0.6 is 11.6 Å². The molecule has 0 radical (unpaired) electrons. The number of nitrogens with zero attached hydrogens (tertiary/aromatic N) is 2. The van der Waals surface area contributed by atoms with Crippen molar-refractivity contribution in [2.45, 2.75) is 19.8 Å². The summed E-state index contributed by atoms with van der Waals surface area (Å²) in [5.74, 6) is 0.336. The molecule has 0 saturated carbocycles. The maximum Gasteiger partial charge on any atom is 0.258 e. The van der Waals surface area contributed by atoms with Crippen molar-refractivity contribution in [1.82, 2.24) is 10.3 Å². The molecule has 2 aromatic carbocycles. The predicted molar refractivity (Wildman–Crippen MR) is 93.2 cm³/mol. The molecule has 0 aliphatic heterocycles. The first-order chi connectivity index (χ1) is 11.6. The molecule has 0 saturated heterocycles. The number of nitrogens with one attached hydrogen (secondary N) is 1. The van der Waals surface area contributed by atoms with Gasteiger partial charge in [-0.15, -0.1) is 0 Å². The summed E-state index contributed by atoms with van der Waals surface area (Å²) in [5, 5.41) is 10.7. The van der Waals surface area contributed by atoms with E-state index in [9.17, 15) is 4.79 Å². The summed E-state index contributed by atoms with van der Waals surface area (Å²) in [4.78, 5) is 12.4. The number of amides is 1. The van der Waals surface area contributed by atoms with Gasteiger partial charge in [0.05, 0.1) is 10.6 Å². The standard InChI is InChI=1S/C18H16ClN3O2/c1-11(2)12-7-9-13(10-8-12)16-17(22-24-21-16)20-18(23)14-5-3-4-6-15(14)19/h3-11H,1-2H3,(H,20,22,23). The van der Waals surface area contributed by atoms with E-state index in [1.807, 2.05) is 24.3 Å². The summed E-state index contributed by atoms with van der Waals surface area (Å²) in [6, 6.07) is 14.7. The van der Waals surface area contributed by atoms with Gasteiger partial charge in [0, 0.05) is 5.56 Å². The topological polar surface area (TPSA) is 68.0 Å². The molecule has 1 N–H and O–H groups in total. The van der Waals surface area contributed by atoms with Crippen LogP contribution in [0.3, 0.4) is 0 Å². The van der Waals surface area contributed by atoms with Crippen LogP contribution in [0, 0.1) is 0 Å². The summed E-state index contributed by atoms with van der Waals surface area (Å²) in [6.45, 7) is 4.25. The van der Waals surface area contributed by atoms with Crippen LogP contribution in [0.5, 0.6) is 0 Å². The Morgan fingerprint density at radius 2 is 1.79 bits per heavy atom. The molecule has 0 atom stereocenters. The number of carbonyl (C=O) groups excluding carboxylic acids is 1. The van der Waals surface area contributed by atoms with Crippen molar-refractivity contribution in [3.63, 3.8) is 0 Å². The highest BCUT2D eigenvalue weighted by Crippen LogP contribution is 2.27. The van der Waals surface area contributed by atoms with Crippen molar-refractivity contribution >= 4 is 23.3 Å². The largest absolute Gasteiger partial charge is 0.302 e. The highest BCUT2D eigenvalue weighted by atomic mass is 35.5. The molecule has 0 aliphatic carbocycles. The Hall–Kier alpha value is -2.66. The Bertz CT molecular complexity index is 857. The minimum Gasteiger partial charge on any atom is -0.302 e. The predicted octanol–water partition coefficient (Wildman–Crippen LogP) is 4.77. The van der Waals surface area contributed by atoms with Crippen molar-refractivity contribution < 1.29 is 9.42 Å². The summed E-state index contributed by atoms with van der Waals surface area (Å²) in [5.41, 5.74) is 2.88. The van der Waals surface area contributed by atoms with E-state index in [0.717, 1.165) is 5.56 Å². The normalized spacial score (nSPS) is 10.8. The number of benzene rings is 2. The molecule has 122 valence electrons. The number of hydrogen-bond donors (Lipinski definition) is 1. The van der Waals surface area contributed by atoms with Gasteiger partial charge >= 0.3 is 0 Å². The van der Waals surface area contributed by atoms with Gasteiger partial charge in [-0.25, -0.2) is 4.63 Å². The van der Waals surface area contributed by atoms with E-state index in [0.29, 0.717) is 22.2 Å². The molecule has 1 amide bonds. The first kappa shape index (κ1) is 16.2. The number of carbonyl (C=O) groups is 1. The molecule has 3 aromatic rings. The summed E-state index contributed by atoms with van der Waals surface area (Å²) >= 11 is 6.04. The van der Waals surface area contributed by atoms with Crippen LogP contribution in [0.4, 0.5) is 5.82 Å². The molecule has 24 heavy (non-hydrogen) atoms. The van der Waals surface area contributed by atoms with Gasteiger partial charge in [0.25, 0.3) is 5.91 Å². The van der Waals surface area contributed by atoms with Crippen LogP contribution in [-0.2, 0) is 0 Å². The summed E-state index contributed by atoms with van der Waals surface area (Å²) < 4.78 is 4.80. The Morgan fingerprint density at radius 3 is 2.46 bits per heavy atom. The van der Waals surface area contributed by atoms with Crippen molar-refractivity contribution in [3.05, 3.63) is 64.7 Å². The number of hydrogen-bond acceptors (Lipinski definition) is 4. The summed E-state index contributed by atoms with van der Waals surface area (Å²) in [6.07, 6.45) is 0. The molecule has 0 spiro atoms. The highest BCUT2D eigenvalue weighted by Gasteiger charge is 2.17. The SMILES string of the molecule is CC(C)c1ccc(-c2nonc2NC(=O)c2ccccc2Cl)cc1. The van der Waals surface area contributed by atoms with Crippen LogP contribution in [-0.4, -0.2) is 16.2 Å². The van der Waals surface area contributed by atoms with E-state index < -0.39 is 0 Å². The van der Waals surface area contributed by atoms with E-state index in [1.165, 1.54) is 5.56 Å². The van der Waals surface area contributed by atoms with Crippen LogP contribution in [0.15, 0.2) is 53.2 Å². The first-order valence-electron chi connectivity index (χ1n) is 7.55. The molecule has 6 heteroatoms. The number of anilines is 1. The zero-order valence-corrected chi connectivity index (χ0v) is 14.0. The van der Waals surface area contributed by atoms with Gasteiger partial charge in [0.15, 0.2) is 5.69 Å². The molecular weight excluding hydrogens is 326 g/mol. The molecule has 3 rings (SSSR count). The van der Waals surface area contributed by atoms with Crippen molar-refractivity contribution in [3.8, 4) is 11.3 Å². The maximum absolute atomic E-state index is 12.4. The van der Waals surface area contributed by atoms with Crippen LogP contribution < -0.4 is 5.32 Å². The van der Waals surface area contributed by atoms with Crippen molar-refractivity contribution in [2.24, 2.45) is 0 Å². The van der Waals surface area contributed by atoms with Gasteiger partial charge in [-0.05, 0) is 33.9 Å². The van der Waals surface area contributed by atoms with Gasteiger partial charge < -0.3 is 5.32 Å². The lowest BCUT2D eigenvalue weighted by Crippen LogP contribution is -2.13. The Labute approximate surface area is 144 Å². The second-order valence-corrected chi connectivity index (χ2v) is 6.08. The van der Waals surface area contributed by atoms with Crippen molar-refractivity contribution in [1.29, 1.82) is 0 Å². The van der Waals surface area contributed by atoms with E-state index >= 15 is 0 Å². The monoisotopic (exact) mass is 341 g/mol. The second-order valence-electron chi connectivity index (χ2n) is 5.67. The van der Waals surface area contributed by atoms with Gasteiger partial charge in [0.2, 0.25) is 5.82 Å². The van der Waals surface area contributed by atoms with Crippen molar-refractivity contribution in [2.75, 3.05) is 5.32 Å². The number of aromatic nitrogens is 2. The second kappa shape index (κ2) is 6.84. The molecule has 0 aliphatic rings. The van der Waals surface area contributed by atoms with E-state index in [1.54, 1.807) is 24.3 Å². The fraction of sp³-hybridized carbons (Fsp3) is 0.167. The minimum atomic E-state index is -0.364. The van der Waals surface area contributed by atoms with Gasteiger partial charge in [0.1, 0.15) is 0 Å². The van der Waals surface area contributed by atoms with Crippen LogP contribution in [0.1, 0.15) is 35.7 Å². The highest BCUT2D eigenvalue weighted by molar-refractivity contribution is 6.34. The molecular formula is C18H16ClN3O2. The quantitative estimate of drug-likeness (QED) is 0.742. The van der Waals surface area contributed by atoms with E-state index in [4.69, 9.17) is 16.2 Å². The summed E-state index contributed by atoms with van der Waals surface area (Å²) in [7, 11) is 0. The van der Waals surface area contributed by atoms with Gasteiger partial charge in [-0.1, -0.05) is 61.8 Å². The van der Waals surface area contributed by atoms with Crippen LogP contribution in [0.2, 0.25) is 5.02 Å². The smallest absolute Gasteiger partial charge is 0.258 e. The third-order valence-corrected chi connectivity index (χ3v) is 4.02. The molecule has 5 nitrogen and oxygen atoms in total. The third-order valence-electron chi connectivity index (χ3n) is 3.69. The fourth-order valence-corrected chi connectivity index (χ4v) is 2.53. The molecule has 1 aromatic heterocycles. The third kappa shape index (κ3) is 3.31. The molecule has 0 bridgehead atoms. The Kier molecular flexibility index (Phi) is 4.62. The molecule has 1 heterocycles. The minimum absolute atomic E-state index is 0.261. The van der Waals surface area contributed by atoms with E-state index in [2.05, 4.69) is 29.5 Å². The zero-order valence-electron chi connectivity index (χ0n) is 13.3. The van der Waals surface area contributed by atoms with Crippen LogP contribution in [0.25, 0.3) is 11.3 Å². The average Bonchev–Trinajstić information content (AvgIpc) is 3.03. The zero-order chi connectivity index (χ0) is 17.1.